The molecule has 24 heavy (non-hydrogen) atoms. The first kappa shape index (κ1) is 17.6. The molecule has 2 radical (unpaired) electrons. The van der Waals surface area contributed by atoms with E-state index in [1.807, 2.05) is 0 Å². The number of allylic oxidation sites excluding steroid dienone is 2. The van der Waals surface area contributed by atoms with Crippen molar-refractivity contribution in [1.29, 1.82) is 0 Å². The number of benzene rings is 1. The van der Waals surface area contributed by atoms with E-state index in [1.54, 1.807) is 0 Å². The first-order chi connectivity index (χ1) is 11.3. The van der Waals surface area contributed by atoms with Crippen molar-refractivity contribution in [3.8, 4) is 0 Å². The molecule has 0 N–H and O–H groups in total. The largest absolute Gasteiger partial charge is 0.355 e. The molecule has 1 heteroatoms. The van der Waals surface area contributed by atoms with Crippen LogP contribution in [-0.2, 0) is 0 Å². The van der Waals surface area contributed by atoms with E-state index in [0.29, 0.717) is 11.8 Å². The second-order valence-electron chi connectivity index (χ2n) is 9.03. The number of hydrogen-bond donors (Lipinski definition) is 0. The number of nitrogens with zero attached hydrogens (tertiary/aromatic N) is 1. The summed E-state index contributed by atoms with van der Waals surface area (Å²) in [5.74, 6) is 1.05. The van der Waals surface area contributed by atoms with Crippen LogP contribution in [0.25, 0.3) is 0 Å². The van der Waals surface area contributed by atoms with Crippen molar-refractivity contribution in [1.82, 2.24) is 0 Å². The van der Waals surface area contributed by atoms with Crippen molar-refractivity contribution in [3.63, 3.8) is 0 Å². The molecule has 0 amide bonds. The summed E-state index contributed by atoms with van der Waals surface area (Å²) < 4.78 is 0. The van der Waals surface area contributed by atoms with Crippen LogP contribution in [0.4, 0.5) is 5.69 Å². The van der Waals surface area contributed by atoms with Crippen LogP contribution in [0.5, 0.6) is 0 Å². The average molecular weight is 324 g/mol. The Balaban J connectivity index is 2.09. The molecule has 1 aliphatic heterocycles. The Morgan fingerprint density at radius 2 is 1.62 bits per heavy atom. The standard InChI is InChI=1S/C23H33N/c1-17(2)19-11-10-12-20(18(3)4)21(19)24-16-23(15-22(24,5)6)13-8-7-9-14-23/h7-8,10-12,17-18H,9,13-15H2,1-6H3. The van der Waals surface area contributed by atoms with Crippen LogP contribution in [0.2, 0.25) is 0 Å². The van der Waals surface area contributed by atoms with Gasteiger partial charge in [-0.25, -0.2) is 0 Å². The lowest BCUT2D eigenvalue weighted by Crippen LogP contribution is -2.37. The molecule has 1 saturated heterocycles. The van der Waals surface area contributed by atoms with Gasteiger partial charge in [0.1, 0.15) is 0 Å². The summed E-state index contributed by atoms with van der Waals surface area (Å²) in [6.45, 7) is 18.0. The molecule has 0 aromatic heterocycles. The first-order valence-electron chi connectivity index (χ1n) is 9.62. The molecule has 1 nitrogen and oxygen atoms in total. The maximum Gasteiger partial charge on any atom is 0.0989 e. The average Bonchev–Trinajstić information content (AvgIpc) is 2.77. The third kappa shape index (κ3) is 3.03. The summed E-state index contributed by atoms with van der Waals surface area (Å²) in [6, 6.07) is 6.86. The van der Waals surface area contributed by atoms with E-state index < -0.39 is 0 Å². The summed E-state index contributed by atoms with van der Waals surface area (Å²) >= 11 is 0. The molecule has 0 saturated carbocycles. The van der Waals surface area contributed by atoms with Gasteiger partial charge in [0.2, 0.25) is 0 Å². The lowest BCUT2D eigenvalue weighted by Gasteiger charge is -2.37. The van der Waals surface area contributed by atoms with Crippen LogP contribution in [0.3, 0.4) is 0 Å². The van der Waals surface area contributed by atoms with E-state index in [1.165, 1.54) is 36.1 Å². The van der Waals surface area contributed by atoms with Gasteiger partial charge >= 0.3 is 0 Å². The number of rotatable bonds is 3. The second-order valence-corrected chi connectivity index (χ2v) is 9.03. The monoisotopic (exact) mass is 323 g/mol. The summed E-state index contributed by atoms with van der Waals surface area (Å²) in [5, 5.41) is 0. The Hall–Kier alpha value is -1.24. The van der Waals surface area contributed by atoms with Crippen LogP contribution in [0.15, 0.2) is 30.4 Å². The third-order valence-corrected chi connectivity index (χ3v) is 5.76. The topological polar surface area (TPSA) is 3.24 Å². The predicted octanol–water partition coefficient (Wildman–Crippen LogP) is 6.69. The van der Waals surface area contributed by atoms with Gasteiger partial charge in [0.15, 0.2) is 0 Å². The Morgan fingerprint density at radius 3 is 2.12 bits per heavy atom. The summed E-state index contributed by atoms with van der Waals surface area (Å²) in [7, 11) is 0. The number of anilines is 1. The highest BCUT2D eigenvalue weighted by molar-refractivity contribution is 5.66. The zero-order chi connectivity index (χ0) is 17.5. The van der Waals surface area contributed by atoms with Crippen molar-refractivity contribution in [2.24, 2.45) is 5.41 Å². The molecule has 1 spiro atoms. The second kappa shape index (κ2) is 6.24. The Kier molecular flexibility index (Phi) is 4.57. The SMILES string of the molecule is CC(C)c1cccc(C(C)C)c1N1[C]C2(CC=CCC2)CC1(C)C. The van der Waals surface area contributed by atoms with Gasteiger partial charge in [0.25, 0.3) is 0 Å². The molecule has 0 bridgehead atoms. The fourth-order valence-electron chi connectivity index (χ4n) is 4.61. The maximum absolute atomic E-state index is 3.99. The van der Waals surface area contributed by atoms with Crippen LogP contribution in [0, 0.1) is 12.0 Å². The molecule has 1 aromatic carbocycles. The van der Waals surface area contributed by atoms with E-state index in [-0.39, 0.29) is 11.0 Å². The molecule has 1 unspecified atom stereocenters. The van der Waals surface area contributed by atoms with E-state index in [0.717, 1.165) is 6.42 Å². The van der Waals surface area contributed by atoms with Gasteiger partial charge in [0.05, 0.1) is 6.54 Å². The Labute approximate surface area is 149 Å². The third-order valence-electron chi connectivity index (χ3n) is 5.76. The molecule has 1 fully saturated rings. The lowest BCUT2D eigenvalue weighted by molar-refractivity contribution is 0.295. The fourth-order valence-corrected chi connectivity index (χ4v) is 4.61. The molecule has 2 aliphatic rings. The zero-order valence-corrected chi connectivity index (χ0v) is 16.3. The molecule has 1 aromatic rings. The number of hydrogen-bond acceptors (Lipinski definition) is 1. The molecular formula is C23H33N. The van der Waals surface area contributed by atoms with E-state index in [2.05, 4.69) is 83.3 Å². The van der Waals surface area contributed by atoms with Crippen molar-refractivity contribution in [3.05, 3.63) is 48.0 Å². The molecule has 1 heterocycles. The fraction of sp³-hybridized carbons (Fsp3) is 0.609. The van der Waals surface area contributed by atoms with Gasteiger partial charge in [-0.05, 0) is 62.5 Å². The highest BCUT2D eigenvalue weighted by atomic mass is 15.2. The Bertz CT molecular complexity index is 597. The molecule has 130 valence electrons. The minimum Gasteiger partial charge on any atom is -0.355 e. The Morgan fingerprint density at radius 1 is 1.00 bits per heavy atom. The van der Waals surface area contributed by atoms with Crippen molar-refractivity contribution in [2.75, 3.05) is 4.90 Å². The van der Waals surface area contributed by atoms with E-state index in [9.17, 15) is 0 Å². The van der Waals surface area contributed by atoms with E-state index >= 15 is 0 Å². The van der Waals surface area contributed by atoms with Gasteiger partial charge < -0.3 is 4.90 Å². The molecule has 1 atom stereocenters. The molecular weight excluding hydrogens is 290 g/mol. The molecule has 3 rings (SSSR count). The van der Waals surface area contributed by atoms with E-state index in [4.69, 9.17) is 0 Å². The van der Waals surface area contributed by atoms with Crippen LogP contribution in [-0.4, -0.2) is 5.54 Å². The van der Waals surface area contributed by atoms with Gasteiger partial charge in [0, 0.05) is 16.6 Å². The minimum absolute atomic E-state index is 0.125. The zero-order valence-electron chi connectivity index (χ0n) is 16.3. The summed E-state index contributed by atoms with van der Waals surface area (Å²) in [4.78, 5) is 2.52. The van der Waals surface area contributed by atoms with Gasteiger partial charge in [-0.15, -0.1) is 0 Å². The van der Waals surface area contributed by atoms with Crippen LogP contribution in [0.1, 0.15) is 90.2 Å². The van der Waals surface area contributed by atoms with Crippen molar-refractivity contribution >= 4 is 5.69 Å². The van der Waals surface area contributed by atoms with Crippen LogP contribution >= 0.6 is 0 Å². The van der Waals surface area contributed by atoms with Gasteiger partial charge in [-0.2, -0.15) is 0 Å². The normalized spacial score (nSPS) is 26.1. The molecule has 1 aliphatic carbocycles. The number of para-hydroxylation sites is 1. The highest BCUT2D eigenvalue weighted by Crippen LogP contribution is 2.54. The maximum atomic E-state index is 3.99. The summed E-state index contributed by atoms with van der Waals surface area (Å²) in [6.07, 6.45) is 9.49. The predicted molar refractivity (Wildman–Crippen MR) is 104 cm³/mol. The summed E-state index contributed by atoms with van der Waals surface area (Å²) in [5.41, 5.74) is 4.71. The highest BCUT2D eigenvalue weighted by Gasteiger charge is 2.50. The quantitative estimate of drug-likeness (QED) is 0.560. The smallest absolute Gasteiger partial charge is 0.0989 e. The van der Waals surface area contributed by atoms with Gasteiger partial charge in [-0.3, -0.25) is 0 Å². The van der Waals surface area contributed by atoms with Gasteiger partial charge in [-0.1, -0.05) is 58.0 Å². The minimum atomic E-state index is 0.125. The van der Waals surface area contributed by atoms with Crippen LogP contribution < -0.4 is 4.90 Å². The first-order valence-corrected chi connectivity index (χ1v) is 9.62. The van der Waals surface area contributed by atoms with Crippen molar-refractivity contribution < 1.29 is 0 Å². The lowest BCUT2D eigenvalue weighted by atomic mass is 9.73. The van der Waals surface area contributed by atoms with Crippen molar-refractivity contribution in [2.45, 2.75) is 84.6 Å².